The Morgan fingerprint density at radius 2 is 1.00 bits per heavy atom. The average Bonchev–Trinajstić information content (AvgIpc) is 2.25. The van der Waals surface area contributed by atoms with E-state index in [0.717, 1.165) is 0 Å². The lowest BCUT2D eigenvalue weighted by atomic mass is 9.61. The third-order valence-corrected chi connectivity index (χ3v) is 4.71. The van der Waals surface area contributed by atoms with Crippen molar-refractivity contribution in [3.63, 3.8) is 0 Å². The normalized spacial score (nSPS) is 21.9. The molecular weight excluding hydrogens is 192 g/mol. The molecule has 1 aliphatic rings. The van der Waals surface area contributed by atoms with E-state index in [4.69, 9.17) is 0 Å². The molecule has 0 bridgehead atoms. The molecule has 1 aliphatic carbocycles. The second-order valence-corrected chi connectivity index (χ2v) is 6.05. The van der Waals surface area contributed by atoms with Gasteiger partial charge in [-0.15, -0.1) is 0 Å². The minimum absolute atomic E-state index is 0.177. The van der Waals surface area contributed by atoms with Crippen LogP contribution in [0.25, 0.3) is 0 Å². The van der Waals surface area contributed by atoms with Crippen molar-refractivity contribution >= 4 is 0 Å². The third-order valence-electron chi connectivity index (χ3n) is 4.71. The monoisotopic (exact) mass is 214 g/mol. The van der Waals surface area contributed by atoms with E-state index in [2.05, 4.69) is 65.8 Å². The molecule has 0 heterocycles. The van der Waals surface area contributed by atoms with Gasteiger partial charge in [-0.25, -0.2) is 0 Å². The molecule has 0 nitrogen and oxygen atoms in total. The Hall–Kier alpha value is -1.04. The van der Waals surface area contributed by atoms with Crippen LogP contribution in [-0.2, 0) is 10.8 Å². The summed E-state index contributed by atoms with van der Waals surface area (Å²) in [5.41, 5.74) is 6.38. The first kappa shape index (κ1) is 11.4. The maximum absolute atomic E-state index is 2.33. The molecule has 0 N–H and O–H groups in total. The average molecular weight is 214 g/mol. The van der Waals surface area contributed by atoms with Crippen molar-refractivity contribution in [3.8, 4) is 0 Å². The molecule has 16 heavy (non-hydrogen) atoms. The van der Waals surface area contributed by atoms with Gasteiger partial charge in [0.05, 0.1) is 0 Å². The minimum Gasteiger partial charge on any atom is -0.0635 e. The summed E-state index contributed by atoms with van der Waals surface area (Å²) in [4.78, 5) is 0. The first-order chi connectivity index (χ1) is 7.29. The SMILES string of the molecule is CC1=C(C)C(C)(C)c2ccccc2C1(C)C. The van der Waals surface area contributed by atoms with E-state index in [9.17, 15) is 0 Å². The van der Waals surface area contributed by atoms with E-state index >= 15 is 0 Å². The van der Waals surface area contributed by atoms with Crippen molar-refractivity contribution < 1.29 is 0 Å². The van der Waals surface area contributed by atoms with Crippen LogP contribution in [0.15, 0.2) is 35.4 Å². The fourth-order valence-corrected chi connectivity index (χ4v) is 2.91. The summed E-state index contributed by atoms with van der Waals surface area (Å²) >= 11 is 0. The Labute approximate surface area is 99.4 Å². The van der Waals surface area contributed by atoms with E-state index < -0.39 is 0 Å². The Morgan fingerprint density at radius 3 is 1.31 bits per heavy atom. The maximum Gasteiger partial charge on any atom is 0.0108 e. The summed E-state index contributed by atoms with van der Waals surface area (Å²) in [6.45, 7) is 13.9. The summed E-state index contributed by atoms with van der Waals surface area (Å²) in [5.74, 6) is 0. The van der Waals surface area contributed by atoms with Crippen molar-refractivity contribution in [1.29, 1.82) is 0 Å². The van der Waals surface area contributed by atoms with E-state index in [1.807, 2.05) is 0 Å². The van der Waals surface area contributed by atoms with Gasteiger partial charge < -0.3 is 0 Å². The van der Waals surface area contributed by atoms with Crippen molar-refractivity contribution in [1.82, 2.24) is 0 Å². The zero-order chi connectivity index (χ0) is 12.1. The second kappa shape index (κ2) is 3.23. The largest absolute Gasteiger partial charge is 0.0635 e. The van der Waals surface area contributed by atoms with Gasteiger partial charge in [-0.2, -0.15) is 0 Å². The Kier molecular flexibility index (Phi) is 2.31. The molecule has 0 unspecified atom stereocenters. The predicted molar refractivity (Wildman–Crippen MR) is 70.9 cm³/mol. The van der Waals surface area contributed by atoms with Gasteiger partial charge in [-0.3, -0.25) is 0 Å². The van der Waals surface area contributed by atoms with Crippen molar-refractivity contribution in [3.05, 3.63) is 46.5 Å². The molecule has 0 radical (unpaired) electrons. The molecular formula is C16H22. The van der Waals surface area contributed by atoms with Crippen LogP contribution in [0, 0.1) is 0 Å². The molecule has 0 saturated carbocycles. The smallest absolute Gasteiger partial charge is 0.0108 e. The molecule has 0 heteroatoms. The lowest BCUT2D eigenvalue weighted by Gasteiger charge is -2.43. The lowest BCUT2D eigenvalue weighted by Crippen LogP contribution is -2.35. The highest BCUT2D eigenvalue weighted by Crippen LogP contribution is 2.48. The van der Waals surface area contributed by atoms with Gasteiger partial charge >= 0.3 is 0 Å². The van der Waals surface area contributed by atoms with Crippen molar-refractivity contribution in [2.75, 3.05) is 0 Å². The molecule has 1 aromatic carbocycles. The molecule has 1 aromatic rings. The molecule has 0 aromatic heterocycles. The topological polar surface area (TPSA) is 0 Å². The second-order valence-electron chi connectivity index (χ2n) is 6.05. The van der Waals surface area contributed by atoms with Crippen LogP contribution >= 0.6 is 0 Å². The van der Waals surface area contributed by atoms with Crippen LogP contribution in [0.2, 0.25) is 0 Å². The van der Waals surface area contributed by atoms with Gasteiger partial charge in [0.25, 0.3) is 0 Å². The van der Waals surface area contributed by atoms with Gasteiger partial charge in [0.15, 0.2) is 0 Å². The number of fused-ring (bicyclic) bond motifs is 1. The molecule has 0 spiro atoms. The zero-order valence-corrected chi connectivity index (χ0v) is 11.3. The molecule has 0 fully saturated rings. The van der Waals surface area contributed by atoms with E-state index in [1.54, 1.807) is 0 Å². The van der Waals surface area contributed by atoms with Crippen LogP contribution in [0.4, 0.5) is 0 Å². The number of rotatable bonds is 0. The summed E-state index contributed by atoms with van der Waals surface area (Å²) in [7, 11) is 0. The zero-order valence-electron chi connectivity index (χ0n) is 11.3. The summed E-state index contributed by atoms with van der Waals surface area (Å²) in [6.07, 6.45) is 0. The van der Waals surface area contributed by atoms with E-state index in [-0.39, 0.29) is 10.8 Å². The molecule has 86 valence electrons. The van der Waals surface area contributed by atoms with Crippen molar-refractivity contribution in [2.45, 2.75) is 52.4 Å². The van der Waals surface area contributed by atoms with Gasteiger partial charge in [0.2, 0.25) is 0 Å². The molecule has 0 atom stereocenters. The third kappa shape index (κ3) is 1.29. The highest BCUT2D eigenvalue weighted by atomic mass is 14.4. The molecule has 2 rings (SSSR count). The maximum atomic E-state index is 2.33. The van der Waals surface area contributed by atoms with E-state index in [1.165, 1.54) is 22.3 Å². The quantitative estimate of drug-likeness (QED) is 0.554. The van der Waals surface area contributed by atoms with Gasteiger partial charge in [-0.1, -0.05) is 63.1 Å². The highest BCUT2D eigenvalue weighted by molar-refractivity contribution is 5.53. The van der Waals surface area contributed by atoms with E-state index in [0.29, 0.717) is 0 Å². The number of allylic oxidation sites excluding steroid dienone is 2. The standard InChI is InChI=1S/C16H22/c1-11-12(2)16(5,6)14-10-8-7-9-13(14)15(11,3)4/h7-10H,1-6H3. The molecule has 0 aliphatic heterocycles. The summed E-state index contributed by atoms with van der Waals surface area (Å²) in [6, 6.07) is 8.88. The van der Waals surface area contributed by atoms with Crippen LogP contribution < -0.4 is 0 Å². The minimum atomic E-state index is 0.177. The Morgan fingerprint density at radius 1 is 0.688 bits per heavy atom. The first-order valence-corrected chi connectivity index (χ1v) is 6.08. The van der Waals surface area contributed by atoms with Crippen molar-refractivity contribution in [2.24, 2.45) is 0 Å². The van der Waals surface area contributed by atoms with Crippen LogP contribution in [0.5, 0.6) is 0 Å². The Balaban J connectivity index is 2.80. The fraction of sp³-hybridized carbons (Fsp3) is 0.500. The highest BCUT2D eigenvalue weighted by Gasteiger charge is 2.39. The number of hydrogen-bond acceptors (Lipinski definition) is 0. The van der Waals surface area contributed by atoms with Gasteiger partial charge in [0.1, 0.15) is 0 Å². The predicted octanol–water partition coefficient (Wildman–Crippen LogP) is 4.59. The van der Waals surface area contributed by atoms with Crippen LogP contribution in [0.3, 0.4) is 0 Å². The fourth-order valence-electron chi connectivity index (χ4n) is 2.91. The molecule has 0 amide bonds. The first-order valence-electron chi connectivity index (χ1n) is 6.08. The summed E-state index contributed by atoms with van der Waals surface area (Å²) < 4.78 is 0. The van der Waals surface area contributed by atoms with Crippen LogP contribution in [-0.4, -0.2) is 0 Å². The summed E-state index contributed by atoms with van der Waals surface area (Å²) in [5, 5.41) is 0. The number of benzene rings is 1. The lowest BCUT2D eigenvalue weighted by molar-refractivity contribution is 0.504. The number of hydrogen-bond donors (Lipinski definition) is 0. The molecule has 0 saturated heterocycles. The van der Waals surface area contributed by atoms with Crippen LogP contribution in [0.1, 0.15) is 52.7 Å². The van der Waals surface area contributed by atoms with Gasteiger partial charge in [-0.05, 0) is 25.0 Å². The Bertz CT molecular complexity index is 416. The van der Waals surface area contributed by atoms with Gasteiger partial charge in [0, 0.05) is 10.8 Å².